The number of hydrogen-bond acceptors (Lipinski definition) is 6. The van der Waals surface area contributed by atoms with Gasteiger partial charge in [0.15, 0.2) is 5.60 Å². The van der Waals surface area contributed by atoms with Crippen LogP contribution < -0.4 is 0 Å². The van der Waals surface area contributed by atoms with Crippen molar-refractivity contribution in [1.29, 1.82) is 0 Å². The molecule has 2 aromatic rings. The summed E-state index contributed by atoms with van der Waals surface area (Å²) in [5.41, 5.74) is -0.277. The van der Waals surface area contributed by atoms with Crippen LogP contribution in [-0.2, 0) is 14.2 Å². The van der Waals surface area contributed by atoms with E-state index in [0.29, 0.717) is 11.1 Å². The number of carbonyl (C=O) groups excluding carboxylic acids is 2. The molecule has 1 aliphatic carbocycles. The van der Waals surface area contributed by atoms with Crippen LogP contribution in [0.1, 0.15) is 20.7 Å². The quantitative estimate of drug-likeness (QED) is 0.496. The lowest BCUT2D eigenvalue weighted by Crippen LogP contribution is -2.48. The fraction of sp³-hybridized carbons (Fsp3) is 0.238. The van der Waals surface area contributed by atoms with Gasteiger partial charge in [-0.15, -0.1) is 0 Å². The minimum Gasteiger partial charge on any atom is -0.459 e. The van der Waals surface area contributed by atoms with E-state index >= 15 is 0 Å². The lowest BCUT2D eigenvalue weighted by atomic mass is 9.89. The van der Waals surface area contributed by atoms with E-state index in [0.717, 1.165) is 0 Å². The number of epoxide rings is 1. The Balaban J connectivity index is 1.41. The van der Waals surface area contributed by atoms with Gasteiger partial charge in [-0.3, -0.25) is 0 Å². The first-order valence-electron chi connectivity index (χ1n) is 8.62. The minimum absolute atomic E-state index is 0.129. The van der Waals surface area contributed by atoms with Crippen molar-refractivity contribution in [2.24, 2.45) is 0 Å². The van der Waals surface area contributed by atoms with E-state index in [1.165, 1.54) is 0 Å². The summed E-state index contributed by atoms with van der Waals surface area (Å²) in [7, 11) is 0. The number of ether oxygens (including phenoxy) is 3. The molecule has 4 atom stereocenters. The fourth-order valence-electron chi connectivity index (χ4n) is 3.14. The average molecular weight is 366 g/mol. The van der Waals surface area contributed by atoms with Gasteiger partial charge >= 0.3 is 11.9 Å². The van der Waals surface area contributed by atoms with Gasteiger partial charge in [0.05, 0.1) is 11.1 Å². The molecule has 27 heavy (non-hydrogen) atoms. The first-order valence-corrected chi connectivity index (χ1v) is 8.62. The first kappa shape index (κ1) is 17.5. The van der Waals surface area contributed by atoms with Crippen molar-refractivity contribution in [1.82, 2.24) is 0 Å². The van der Waals surface area contributed by atoms with Crippen LogP contribution in [0.5, 0.6) is 0 Å². The Bertz CT molecular complexity index is 863. The number of hydrogen-bond donors (Lipinski definition) is 1. The number of rotatable bonds is 5. The number of aliphatic hydroxyl groups is 1. The van der Waals surface area contributed by atoms with Crippen LogP contribution in [0, 0.1) is 0 Å². The Morgan fingerprint density at radius 1 is 0.926 bits per heavy atom. The molecule has 4 rings (SSSR count). The molecule has 2 aliphatic rings. The maximum absolute atomic E-state index is 12.2. The molecule has 1 heterocycles. The molecule has 0 unspecified atom stereocenters. The molecule has 6 nitrogen and oxygen atoms in total. The molecule has 138 valence electrons. The Morgan fingerprint density at radius 2 is 1.52 bits per heavy atom. The summed E-state index contributed by atoms with van der Waals surface area (Å²) < 4.78 is 16.3. The van der Waals surface area contributed by atoms with Crippen molar-refractivity contribution in [2.45, 2.75) is 23.9 Å². The smallest absolute Gasteiger partial charge is 0.338 e. The third-order valence-corrected chi connectivity index (χ3v) is 4.75. The first-order chi connectivity index (χ1) is 13.1. The molecule has 0 radical (unpaired) electrons. The molecule has 1 saturated heterocycles. The van der Waals surface area contributed by atoms with Gasteiger partial charge in [0.1, 0.15) is 24.9 Å². The largest absolute Gasteiger partial charge is 0.459 e. The highest BCUT2D eigenvalue weighted by Gasteiger charge is 2.65. The second-order valence-corrected chi connectivity index (χ2v) is 6.50. The minimum atomic E-state index is -1.14. The van der Waals surface area contributed by atoms with Crippen molar-refractivity contribution >= 4 is 11.9 Å². The van der Waals surface area contributed by atoms with Crippen LogP contribution in [0.2, 0.25) is 0 Å². The van der Waals surface area contributed by atoms with Gasteiger partial charge in [-0.2, -0.15) is 0 Å². The molecule has 1 aliphatic heterocycles. The molecular formula is C21H18O6. The van der Waals surface area contributed by atoms with Gasteiger partial charge < -0.3 is 19.3 Å². The normalized spacial score (nSPS) is 28.1. The van der Waals surface area contributed by atoms with E-state index in [2.05, 4.69) is 0 Å². The maximum atomic E-state index is 12.2. The molecule has 1 fully saturated rings. The highest BCUT2D eigenvalue weighted by molar-refractivity contribution is 5.90. The van der Waals surface area contributed by atoms with Gasteiger partial charge in [0, 0.05) is 0 Å². The Labute approximate surface area is 156 Å². The molecule has 1 N–H and O–H groups in total. The highest BCUT2D eigenvalue weighted by atomic mass is 16.7. The van der Waals surface area contributed by atoms with E-state index in [4.69, 9.17) is 14.2 Å². The SMILES string of the molecule is O=C(OC[C@]12O[C@H]1C=C[C@@H](OC(=O)c1ccccc1)[C@@H]2O)c1ccccc1. The number of aliphatic hydroxyl groups excluding tert-OH is 1. The standard InChI is InChI=1S/C21H18O6/c22-18-16(26-20(24)15-9-5-2-6-10-15)11-12-17-21(18,27-17)13-25-19(23)14-7-3-1-4-8-14/h1-12,16-18,22H,13H2/t16-,17+,18+,21+/m1/s1. The summed E-state index contributed by atoms with van der Waals surface area (Å²) in [5.74, 6) is -1.04. The van der Waals surface area contributed by atoms with Crippen LogP contribution in [0.15, 0.2) is 72.8 Å². The van der Waals surface area contributed by atoms with Crippen LogP contribution in [-0.4, -0.2) is 47.6 Å². The highest BCUT2D eigenvalue weighted by Crippen LogP contribution is 2.46. The lowest BCUT2D eigenvalue weighted by Gasteiger charge is -2.28. The molecule has 6 heteroatoms. The van der Waals surface area contributed by atoms with Gasteiger partial charge in [-0.1, -0.05) is 42.5 Å². The van der Waals surface area contributed by atoms with E-state index in [-0.39, 0.29) is 12.7 Å². The Kier molecular flexibility index (Phi) is 4.51. The summed E-state index contributed by atoms with van der Waals surface area (Å²) in [5, 5.41) is 10.7. The monoisotopic (exact) mass is 366 g/mol. The Hall–Kier alpha value is -2.96. The predicted molar refractivity (Wildman–Crippen MR) is 95.1 cm³/mol. The zero-order valence-corrected chi connectivity index (χ0v) is 14.4. The molecule has 0 aromatic heterocycles. The van der Waals surface area contributed by atoms with E-state index < -0.39 is 29.7 Å². The third-order valence-electron chi connectivity index (χ3n) is 4.75. The van der Waals surface area contributed by atoms with Crippen LogP contribution in [0.3, 0.4) is 0 Å². The van der Waals surface area contributed by atoms with E-state index in [1.54, 1.807) is 72.8 Å². The van der Waals surface area contributed by atoms with Crippen molar-refractivity contribution in [2.75, 3.05) is 6.61 Å². The lowest BCUT2D eigenvalue weighted by molar-refractivity contribution is -0.0486. The van der Waals surface area contributed by atoms with Crippen molar-refractivity contribution in [3.8, 4) is 0 Å². The fourth-order valence-corrected chi connectivity index (χ4v) is 3.14. The molecule has 0 spiro atoms. The number of benzene rings is 2. The summed E-state index contributed by atoms with van der Waals surface area (Å²) in [4.78, 5) is 24.4. The van der Waals surface area contributed by atoms with Gasteiger partial charge in [0.25, 0.3) is 0 Å². The van der Waals surface area contributed by atoms with Crippen LogP contribution in [0.25, 0.3) is 0 Å². The predicted octanol–water partition coefficient (Wildman–Crippen LogP) is 2.14. The van der Waals surface area contributed by atoms with Crippen molar-refractivity contribution in [3.63, 3.8) is 0 Å². The van der Waals surface area contributed by atoms with E-state index in [9.17, 15) is 14.7 Å². The second-order valence-electron chi connectivity index (χ2n) is 6.50. The number of fused-ring (bicyclic) bond motifs is 1. The maximum Gasteiger partial charge on any atom is 0.338 e. The topological polar surface area (TPSA) is 85.4 Å². The molecule has 2 aromatic carbocycles. The average Bonchev–Trinajstić information content (AvgIpc) is 3.45. The summed E-state index contributed by atoms with van der Waals surface area (Å²) in [6.45, 7) is -0.129. The van der Waals surface area contributed by atoms with Gasteiger partial charge in [0.2, 0.25) is 0 Å². The summed E-state index contributed by atoms with van der Waals surface area (Å²) in [6.07, 6.45) is 0.922. The second kappa shape index (κ2) is 6.98. The van der Waals surface area contributed by atoms with Crippen LogP contribution >= 0.6 is 0 Å². The van der Waals surface area contributed by atoms with Gasteiger partial charge in [-0.25, -0.2) is 9.59 Å². The van der Waals surface area contributed by atoms with Crippen LogP contribution in [0.4, 0.5) is 0 Å². The molecule has 0 saturated carbocycles. The Morgan fingerprint density at radius 3 is 2.15 bits per heavy atom. The summed E-state index contributed by atoms with van der Waals surface area (Å²) in [6, 6.07) is 17.1. The zero-order chi connectivity index (χ0) is 18.9. The zero-order valence-electron chi connectivity index (χ0n) is 14.4. The number of carbonyl (C=O) groups is 2. The van der Waals surface area contributed by atoms with Gasteiger partial charge in [-0.05, 0) is 30.3 Å². The van der Waals surface area contributed by atoms with Crippen molar-refractivity contribution < 1.29 is 28.9 Å². The third kappa shape index (κ3) is 3.37. The molecular weight excluding hydrogens is 348 g/mol. The molecule has 0 bridgehead atoms. The van der Waals surface area contributed by atoms with Crippen molar-refractivity contribution in [3.05, 3.63) is 83.9 Å². The van der Waals surface area contributed by atoms with E-state index in [1.807, 2.05) is 0 Å². The number of esters is 2. The molecule has 0 amide bonds. The summed E-state index contributed by atoms with van der Waals surface area (Å²) >= 11 is 0.